The fourth-order valence-corrected chi connectivity index (χ4v) is 10.4. The summed E-state index contributed by atoms with van der Waals surface area (Å²) in [5, 5.41) is 11.0. The average Bonchev–Trinajstić information content (AvgIpc) is 3.33. The molecule has 8 atom stereocenters. The van der Waals surface area contributed by atoms with Crippen molar-refractivity contribution in [1.82, 2.24) is 4.98 Å². The summed E-state index contributed by atoms with van der Waals surface area (Å²) in [6.45, 7) is 13.2. The number of pyridine rings is 1. The molecule has 4 unspecified atom stereocenters. The molecular weight excluding hydrogens is 516 g/mol. The molecule has 6 rings (SSSR count). The van der Waals surface area contributed by atoms with Gasteiger partial charge in [-0.2, -0.15) is 0 Å². The van der Waals surface area contributed by atoms with Gasteiger partial charge in [-0.3, -0.25) is 9.98 Å². The highest BCUT2D eigenvalue weighted by Crippen LogP contribution is 2.67. The van der Waals surface area contributed by atoms with E-state index in [1.165, 1.54) is 57.8 Å². The lowest BCUT2D eigenvalue weighted by Crippen LogP contribution is -2.51. The summed E-state index contributed by atoms with van der Waals surface area (Å²) in [4.78, 5) is 8.98. The molecule has 4 aliphatic carbocycles. The second kappa shape index (κ2) is 12.1. The second-order valence-electron chi connectivity index (χ2n) is 15.3. The number of benzene rings is 1. The lowest BCUT2D eigenvalue weighted by Gasteiger charge is -2.58. The number of fused-ring (bicyclic) bond motifs is 6. The molecule has 4 aliphatic rings. The van der Waals surface area contributed by atoms with Gasteiger partial charge in [-0.25, -0.2) is 0 Å². The Balaban J connectivity index is 1.07. The first-order valence-corrected chi connectivity index (χ1v) is 17.1. The zero-order valence-electron chi connectivity index (χ0n) is 26.8. The Bertz CT molecular complexity index is 1320. The number of hydrogen-bond donors (Lipinski definition) is 1. The monoisotopic (exact) mass is 570 g/mol. The Morgan fingerprint density at radius 3 is 2.74 bits per heavy atom. The minimum absolute atomic E-state index is 0.191. The van der Waals surface area contributed by atoms with E-state index < -0.39 is 0 Å². The molecule has 0 amide bonds. The largest absolute Gasteiger partial charge is 0.506 e. The number of aliphatic imine (C=N–C) groups is 1. The standard InChI is InChI=1S/C38H54N2O2/c1-25(2)8-6-9-26(3)31-13-14-32-29-12-11-27-24-28(17-19-37(27,4)33(29)18-20-38(31,32)5)42-23-22-39-34-15-16-35(41)36-30(34)10-7-21-40-36/h7,10-11,15-16,21-22,25-26,28-29,31-33,41H,6,8-9,12-14,17-20,23-24H2,1-5H3/b39-22+/t26-,28+,29?,31?,32?,33?,37+,38-/m1/s1. The number of allylic oxidation sites excluding steroid dienone is 1. The van der Waals surface area contributed by atoms with Gasteiger partial charge in [0.15, 0.2) is 0 Å². The van der Waals surface area contributed by atoms with Crippen molar-refractivity contribution in [2.45, 2.75) is 111 Å². The highest BCUT2D eigenvalue weighted by molar-refractivity contribution is 5.94. The minimum Gasteiger partial charge on any atom is -0.506 e. The average molecular weight is 571 g/mol. The predicted octanol–water partition coefficient (Wildman–Crippen LogP) is 10.1. The Labute approximate surface area is 254 Å². The molecule has 4 heteroatoms. The van der Waals surface area contributed by atoms with E-state index in [1.807, 2.05) is 24.4 Å². The first kappa shape index (κ1) is 29.9. The van der Waals surface area contributed by atoms with E-state index in [0.717, 1.165) is 59.4 Å². The highest BCUT2D eigenvalue weighted by Gasteiger charge is 2.59. The van der Waals surface area contributed by atoms with Crippen molar-refractivity contribution >= 4 is 22.8 Å². The van der Waals surface area contributed by atoms with Crippen molar-refractivity contribution in [1.29, 1.82) is 0 Å². The van der Waals surface area contributed by atoms with Gasteiger partial charge in [0.25, 0.3) is 0 Å². The van der Waals surface area contributed by atoms with Crippen molar-refractivity contribution in [3.05, 3.63) is 42.1 Å². The third-order valence-electron chi connectivity index (χ3n) is 12.6. The van der Waals surface area contributed by atoms with Crippen LogP contribution in [0.5, 0.6) is 5.75 Å². The molecule has 1 aromatic heterocycles. The number of aromatic nitrogens is 1. The molecule has 0 bridgehead atoms. The lowest BCUT2D eigenvalue weighted by molar-refractivity contribution is -0.0614. The van der Waals surface area contributed by atoms with Crippen LogP contribution in [-0.4, -0.2) is 29.0 Å². The van der Waals surface area contributed by atoms with E-state index in [4.69, 9.17) is 4.74 Å². The van der Waals surface area contributed by atoms with E-state index in [9.17, 15) is 5.11 Å². The Morgan fingerprint density at radius 1 is 1.05 bits per heavy atom. The second-order valence-corrected chi connectivity index (χ2v) is 15.3. The highest BCUT2D eigenvalue weighted by atomic mass is 16.5. The van der Waals surface area contributed by atoms with Crippen molar-refractivity contribution in [3.8, 4) is 5.75 Å². The van der Waals surface area contributed by atoms with Crippen LogP contribution in [0, 0.1) is 46.3 Å². The minimum atomic E-state index is 0.191. The molecule has 228 valence electrons. The molecule has 3 saturated carbocycles. The van der Waals surface area contributed by atoms with E-state index in [-0.39, 0.29) is 11.9 Å². The molecule has 42 heavy (non-hydrogen) atoms. The van der Waals surface area contributed by atoms with Gasteiger partial charge < -0.3 is 9.84 Å². The van der Waals surface area contributed by atoms with Crippen LogP contribution in [0.3, 0.4) is 0 Å². The van der Waals surface area contributed by atoms with E-state index >= 15 is 0 Å². The number of phenols is 1. The summed E-state index contributed by atoms with van der Waals surface area (Å²) < 4.78 is 6.39. The molecule has 4 nitrogen and oxygen atoms in total. The van der Waals surface area contributed by atoms with Crippen LogP contribution < -0.4 is 0 Å². The van der Waals surface area contributed by atoms with Gasteiger partial charge in [0.1, 0.15) is 11.3 Å². The summed E-state index contributed by atoms with van der Waals surface area (Å²) in [5.74, 6) is 5.47. The van der Waals surface area contributed by atoms with Crippen LogP contribution in [0.4, 0.5) is 5.69 Å². The first-order chi connectivity index (χ1) is 20.2. The SMILES string of the molecule is CC(C)CCC[C@@H](C)C1CCC2C3CC=C4C[C@@H](OC/C=N/c5ccc(O)c6ncccc56)CC[C@]4(C)C3CC[C@@]21C. The van der Waals surface area contributed by atoms with Crippen LogP contribution in [0.1, 0.15) is 105 Å². The van der Waals surface area contributed by atoms with Crippen LogP contribution >= 0.6 is 0 Å². The fourth-order valence-electron chi connectivity index (χ4n) is 10.4. The number of hydrogen-bond acceptors (Lipinski definition) is 4. The summed E-state index contributed by atoms with van der Waals surface area (Å²) >= 11 is 0. The molecule has 1 aromatic carbocycles. The molecule has 0 saturated heterocycles. The maximum Gasteiger partial charge on any atom is 0.141 e. The van der Waals surface area contributed by atoms with Gasteiger partial charge >= 0.3 is 0 Å². The van der Waals surface area contributed by atoms with Crippen molar-refractivity contribution in [2.75, 3.05) is 6.61 Å². The van der Waals surface area contributed by atoms with Crippen molar-refractivity contribution in [2.24, 2.45) is 51.3 Å². The smallest absolute Gasteiger partial charge is 0.141 e. The first-order valence-electron chi connectivity index (χ1n) is 17.1. The third-order valence-corrected chi connectivity index (χ3v) is 12.6. The zero-order chi connectivity index (χ0) is 29.5. The van der Waals surface area contributed by atoms with Gasteiger partial charge in [-0.05, 0) is 122 Å². The van der Waals surface area contributed by atoms with E-state index in [0.29, 0.717) is 23.0 Å². The number of rotatable bonds is 9. The molecule has 2 aromatic rings. The molecule has 0 spiro atoms. The van der Waals surface area contributed by atoms with Gasteiger partial charge in [0.2, 0.25) is 0 Å². The summed E-state index contributed by atoms with van der Waals surface area (Å²) in [7, 11) is 0. The lowest BCUT2D eigenvalue weighted by atomic mass is 9.47. The van der Waals surface area contributed by atoms with Gasteiger partial charge in [-0.15, -0.1) is 0 Å². The summed E-state index contributed by atoms with van der Waals surface area (Å²) in [6.07, 6.45) is 21.3. The number of aromatic hydroxyl groups is 1. The Hall–Kier alpha value is -2.20. The quantitative estimate of drug-likeness (QED) is 0.241. The van der Waals surface area contributed by atoms with Crippen LogP contribution in [0.25, 0.3) is 10.9 Å². The molecule has 1 heterocycles. The maximum atomic E-state index is 10.1. The van der Waals surface area contributed by atoms with Crippen LogP contribution in [0.2, 0.25) is 0 Å². The molecule has 1 N–H and O–H groups in total. The third kappa shape index (κ3) is 5.46. The fraction of sp³-hybridized carbons (Fsp3) is 0.684. The topological polar surface area (TPSA) is 54.7 Å². The van der Waals surface area contributed by atoms with E-state index in [2.05, 4.69) is 50.7 Å². The molecular formula is C38H54N2O2. The molecule has 0 aliphatic heterocycles. The van der Waals surface area contributed by atoms with Gasteiger partial charge in [0.05, 0.1) is 18.4 Å². The van der Waals surface area contributed by atoms with E-state index in [1.54, 1.807) is 17.8 Å². The summed E-state index contributed by atoms with van der Waals surface area (Å²) in [5.41, 5.74) is 4.01. The number of ether oxygens (including phenoxy) is 1. The Kier molecular flexibility index (Phi) is 8.57. The van der Waals surface area contributed by atoms with Gasteiger partial charge in [-0.1, -0.05) is 65.5 Å². The predicted molar refractivity (Wildman–Crippen MR) is 174 cm³/mol. The van der Waals surface area contributed by atoms with Crippen LogP contribution in [-0.2, 0) is 4.74 Å². The normalized spacial score (nSPS) is 35.2. The van der Waals surface area contributed by atoms with Crippen LogP contribution in [0.15, 0.2) is 47.1 Å². The maximum absolute atomic E-state index is 10.1. The number of phenolic OH excluding ortho intramolecular Hbond substituents is 1. The Morgan fingerprint density at radius 2 is 1.90 bits per heavy atom. The van der Waals surface area contributed by atoms with Crippen molar-refractivity contribution < 1.29 is 9.84 Å². The van der Waals surface area contributed by atoms with Gasteiger partial charge in [0, 0.05) is 17.8 Å². The molecule has 0 radical (unpaired) electrons. The molecule has 3 fully saturated rings. The number of nitrogens with zero attached hydrogens (tertiary/aromatic N) is 2. The summed E-state index contributed by atoms with van der Waals surface area (Å²) in [6, 6.07) is 7.35. The zero-order valence-corrected chi connectivity index (χ0v) is 26.8. The van der Waals surface area contributed by atoms with Crippen molar-refractivity contribution in [3.63, 3.8) is 0 Å².